The number of morpholine rings is 1. The zero-order valence-corrected chi connectivity index (χ0v) is 19.0. The van der Waals surface area contributed by atoms with Gasteiger partial charge < -0.3 is 14.8 Å². The zero-order valence-electron chi connectivity index (χ0n) is 19.0. The van der Waals surface area contributed by atoms with Crippen LogP contribution in [-0.2, 0) is 16.0 Å². The summed E-state index contributed by atoms with van der Waals surface area (Å²) in [6.07, 6.45) is -0.565. The maximum atomic E-state index is 12.9. The van der Waals surface area contributed by atoms with Crippen LogP contribution in [0.5, 0.6) is 5.75 Å². The fourth-order valence-corrected chi connectivity index (χ4v) is 3.53. The van der Waals surface area contributed by atoms with Crippen LogP contribution in [0.4, 0.5) is 18.9 Å². The third kappa shape index (κ3) is 7.06. The number of halogens is 3. The van der Waals surface area contributed by atoms with Crippen LogP contribution in [0.1, 0.15) is 16.1 Å². The molecule has 36 heavy (non-hydrogen) atoms. The molecular formula is C24H22F3N5O4. The summed E-state index contributed by atoms with van der Waals surface area (Å²) >= 11 is 0. The van der Waals surface area contributed by atoms with Crippen LogP contribution in [0.15, 0.2) is 55.0 Å². The van der Waals surface area contributed by atoms with Crippen molar-refractivity contribution >= 4 is 17.4 Å². The van der Waals surface area contributed by atoms with Gasteiger partial charge in [-0.25, -0.2) is 0 Å². The smallest absolute Gasteiger partial charge is 0.404 e. The first kappa shape index (κ1) is 25.2. The number of rotatable bonds is 8. The van der Waals surface area contributed by atoms with Crippen LogP contribution in [0.3, 0.4) is 0 Å². The van der Waals surface area contributed by atoms with Crippen molar-refractivity contribution < 1.29 is 32.2 Å². The highest BCUT2D eigenvalue weighted by atomic mass is 19.4. The summed E-state index contributed by atoms with van der Waals surface area (Å²) < 4.78 is 47.9. The Balaban J connectivity index is 1.48. The molecule has 0 unspecified atom stereocenters. The van der Waals surface area contributed by atoms with E-state index in [0.717, 1.165) is 12.1 Å². The number of ether oxygens (including phenoxy) is 2. The number of carbonyl (C=O) groups is 2. The molecule has 0 spiro atoms. The van der Waals surface area contributed by atoms with Gasteiger partial charge in [-0.2, -0.15) is 0 Å². The third-order valence-corrected chi connectivity index (χ3v) is 5.25. The molecule has 1 aliphatic heterocycles. The van der Waals surface area contributed by atoms with E-state index < -0.39 is 23.8 Å². The van der Waals surface area contributed by atoms with Crippen LogP contribution in [0, 0.1) is 0 Å². The summed E-state index contributed by atoms with van der Waals surface area (Å²) in [6, 6.07) is 8.72. The first-order valence-electron chi connectivity index (χ1n) is 11.0. The fourth-order valence-electron chi connectivity index (χ4n) is 3.53. The predicted octanol–water partition coefficient (Wildman–Crippen LogP) is 3.13. The van der Waals surface area contributed by atoms with Gasteiger partial charge in [0, 0.05) is 31.0 Å². The number of hydrogen-bond acceptors (Lipinski definition) is 8. The van der Waals surface area contributed by atoms with Crippen LogP contribution in [0.25, 0.3) is 11.4 Å². The Morgan fingerprint density at radius 1 is 1.03 bits per heavy atom. The lowest BCUT2D eigenvalue weighted by molar-refractivity contribution is -0.274. The number of pyridine rings is 1. The molecule has 1 aromatic carbocycles. The standard InChI is InChI=1S/C24H22F3N5O4/c25-24(26,27)36-22-5-4-16(11-19(22)31-23(34)15-32-7-9-35-10-8-32)21(33)12-17-13-30-20(14-29-17)18-3-1-2-6-28-18/h1-6,11,13-14H,7-10,12,15H2,(H,31,34). The van der Waals surface area contributed by atoms with Gasteiger partial charge in [0.1, 0.15) is 5.69 Å². The molecule has 0 atom stereocenters. The minimum Gasteiger partial charge on any atom is -0.404 e. The molecule has 1 fully saturated rings. The van der Waals surface area contributed by atoms with Gasteiger partial charge in [-0.05, 0) is 30.3 Å². The molecule has 2 aromatic heterocycles. The molecule has 0 radical (unpaired) electrons. The molecule has 188 valence electrons. The SMILES string of the molecule is O=C(CN1CCOCC1)Nc1cc(C(=O)Cc2cnc(-c3ccccn3)cn2)ccc1OC(F)(F)F. The third-order valence-electron chi connectivity index (χ3n) is 5.25. The lowest BCUT2D eigenvalue weighted by atomic mass is 10.1. The average molecular weight is 501 g/mol. The monoisotopic (exact) mass is 501 g/mol. The normalized spacial score (nSPS) is 14.3. The second kappa shape index (κ2) is 11.2. The average Bonchev–Trinajstić information content (AvgIpc) is 2.86. The summed E-state index contributed by atoms with van der Waals surface area (Å²) in [6.45, 7) is 1.94. The number of nitrogens with one attached hydrogen (secondary N) is 1. The number of ketones is 1. The lowest BCUT2D eigenvalue weighted by Crippen LogP contribution is -2.41. The quantitative estimate of drug-likeness (QED) is 0.470. The first-order valence-corrected chi connectivity index (χ1v) is 11.0. The van der Waals surface area contributed by atoms with Crippen molar-refractivity contribution in [2.75, 3.05) is 38.2 Å². The maximum absolute atomic E-state index is 12.9. The largest absolute Gasteiger partial charge is 0.573 e. The Hall–Kier alpha value is -3.90. The second-order valence-corrected chi connectivity index (χ2v) is 7.90. The van der Waals surface area contributed by atoms with E-state index in [4.69, 9.17) is 4.74 Å². The van der Waals surface area contributed by atoms with E-state index in [1.807, 2.05) is 11.0 Å². The molecular weight excluding hydrogens is 479 g/mol. The van der Waals surface area contributed by atoms with E-state index >= 15 is 0 Å². The van der Waals surface area contributed by atoms with Crippen molar-refractivity contribution in [3.05, 3.63) is 66.2 Å². The molecule has 1 saturated heterocycles. The van der Waals surface area contributed by atoms with Crippen LogP contribution in [0.2, 0.25) is 0 Å². The van der Waals surface area contributed by atoms with E-state index in [0.29, 0.717) is 43.4 Å². The molecule has 3 heterocycles. The first-order chi connectivity index (χ1) is 17.3. The molecule has 0 bridgehead atoms. The molecule has 4 rings (SSSR count). The van der Waals surface area contributed by atoms with Crippen molar-refractivity contribution in [2.24, 2.45) is 0 Å². The van der Waals surface area contributed by atoms with Crippen molar-refractivity contribution in [1.29, 1.82) is 0 Å². The fraction of sp³-hybridized carbons (Fsp3) is 0.292. The van der Waals surface area contributed by atoms with E-state index in [1.165, 1.54) is 18.5 Å². The topological polar surface area (TPSA) is 107 Å². The molecule has 12 heteroatoms. The highest BCUT2D eigenvalue weighted by Gasteiger charge is 2.32. The maximum Gasteiger partial charge on any atom is 0.573 e. The number of benzene rings is 1. The molecule has 1 amide bonds. The zero-order chi connectivity index (χ0) is 25.5. The summed E-state index contributed by atoms with van der Waals surface area (Å²) in [5.41, 5.74) is 1.36. The minimum absolute atomic E-state index is 0.0365. The summed E-state index contributed by atoms with van der Waals surface area (Å²) in [7, 11) is 0. The van der Waals surface area contributed by atoms with Crippen LogP contribution < -0.4 is 10.1 Å². The second-order valence-electron chi connectivity index (χ2n) is 7.90. The molecule has 3 aromatic rings. The van der Waals surface area contributed by atoms with Crippen molar-refractivity contribution in [3.63, 3.8) is 0 Å². The van der Waals surface area contributed by atoms with Crippen molar-refractivity contribution in [1.82, 2.24) is 19.9 Å². The van der Waals surface area contributed by atoms with Gasteiger partial charge >= 0.3 is 6.36 Å². The van der Waals surface area contributed by atoms with Gasteiger partial charge in [0.15, 0.2) is 11.5 Å². The van der Waals surface area contributed by atoms with E-state index in [9.17, 15) is 22.8 Å². The van der Waals surface area contributed by atoms with E-state index in [2.05, 4.69) is 25.0 Å². The number of carbonyl (C=O) groups excluding carboxylic acids is 2. The molecule has 1 N–H and O–H groups in total. The number of anilines is 1. The number of amides is 1. The Morgan fingerprint density at radius 2 is 1.83 bits per heavy atom. The highest BCUT2D eigenvalue weighted by molar-refractivity contribution is 6.00. The predicted molar refractivity (Wildman–Crippen MR) is 122 cm³/mol. The van der Waals surface area contributed by atoms with Gasteiger partial charge in [0.2, 0.25) is 5.91 Å². The van der Waals surface area contributed by atoms with Crippen molar-refractivity contribution in [2.45, 2.75) is 12.8 Å². The Morgan fingerprint density at radius 3 is 2.50 bits per heavy atom. The molecule has 0 aliphatic carbocycles. The number of hydrogen-bond donors (Lipinski definition) is 1. The summed E-state index contributed by atoms with van der Waals surface area (Å²) in [5.74, 6) is -1.57. The molecule has 0 saturated carbocycles. The lowest BCUT2D eigenvalue weighted by Gasteiger charge is -2.26. The number of aromatic nitrogens is 3. The van der Waals surface area contributed by atoms with Gasteiger partial charge in [0.05, 0.1) is 49.5 Å². The number of alkyl halides is 3. The number of nitrogens with zero attached hydrogens (tertiary/aromatic N) is 4. The van der Waals surface area contributed by atoms with E-state index in [-0.39, 0.29) is 24.2 Å². The Bertz CT molecular complexity index is 1200. The van der Waals surface area contributed by atoms with E-state index in [1.54, 1.807) is 18.3 Å². The Labute approximate surface area is 204 Å². The molecule has 9 nitrogen and oxygen atoms in total. The highest BCUT2D eigenvalue weighted by Crippen LogP contribution is 2.31. The van der Waals surface area contributed by atoms with Gasteiger partial charge in [-0.1, -0.05) is 6.07 Å². The number of Topliss-reactive ketones (excluding diaryl/α,β-unsaturated/α-hetero) is 1. The van der Waals surface area contributed by atoms with Gasteiger partial charge in [0.25, 0.3) is 0 Å². The minimum atomic E-state index is -4.97. The Kier molecular flexibility index (Phi) is 7.86. The van der Waals surface area contributed by atoms with Gasteiger partial charge in [-0.15, -0.1) is 13.2 Å². The van der Waals surface area contributed by atoms with Crippen LogP contribution >= 0.6 is 0 Å². The molecule has 1 aliphatic rings. The van der Waals surface area contributed by atoms with Crippen molar-refractivity contribution in [3.8, 4) is 17.1 Å². The van der Waals surface area contributed by atoms with Crippen LogP contribution in [-0.4, -0.2) is 70.8 Å². The summed E-state index contributed by atoms with van der Waals surface area (Å²) in [5, 5.41) is 2.43. The summed E-state index contributed by atoms with van der Waals surface area (Å²) in [4.78, 5) is 39.8. The van der Waals surface area contributed by atoms with Gasteiger partial charge in [-0.3, -0.25) is 29.4 Å².